The van der Waals surface area contributed by atoms with Crippen LogP contribution in [-0.4, -0.2) is 49.8 Å². The van der Waals surface area contributed by atoms with Crippen molar-refractivity contribution < 1.29 is 14.3 Å². The van der Waals surface area contributed by atoms with Crippen LogP contribution in [0.2, 0.25) is 0 Å². The van der Waals surface area contributed by atoms with E-state index in [2.05, 4.69) is 41.4 Å². The monoisotopic (exact) mass is 382 g/mol. The first kappa shape index (κ1) is 20.5. The Kier molecular flexibility index (Phi) is 7.60. The molecule has 28 heavy (non-hydrogen) atoms. The molecule has 1 amide bonds. The van der Waals surface area contributed by atoms with Gasteiger partial charge in [-0.15, -0.1) is 0 Å². The number of carbonyl (C=O) groups is 1. The first-order valence-electron chi connectivity index (χ1n) is 9.94. The summed E-state index contributed by atoms with van der Waals surface area (Å²) in [5, 5.41) is 3.19. The van der Waals surface area contributed by atoms with Gasteiger partial charge in [0.15, 0.2) is 0 Å². The molecule has 1 heterocycles. The van der Waals surface area contributed by atoms with Gasteiger partial charge in [0, 0.05) is 19.6 Å². The zero-order valence-corrected chi connectivity index (χ0v) is 16.8. The number of amides is 1. The zero-order chi connectivity index (χ0) is 19.8. The fourth-order valence-corrected chi connectivity index (χ4v) is 3.24. The van der Waals surface area contributed by atoms with Gasteiger partial charge in [0.1, 0.15) is 6.10 Å². The lowest BCUT2D eigenvalue weighted by atomic mass is 10.0. The smallest absolute Gasteiger partial charge is 0.249 e. The van der Waals surface area contributed by atoms with Crippen LogP contribution in [0.1, 0.15) is 29.7 Å². The van der Waals surface area contributed by atoms with Crippen LogP contribution in [0.25, 0.3) is 0 Å². The summed E-state index contributed by atoms with van der Waals surface area (Å²) < 4.78 is 11.2. The minimum atomic E-state index is -0.516. The number of hydrogen-bond donors (Lipinski definition) is 1. The highest BCUT2D eigenvalue weighted by molar-refractivity contribution is 5.80. The topological polar surface area (TPSA) is 50.8 Å². The van der Waals surface area contributed by atoms with Crippen molar-refractivity contribution in [1.29, 1.82) is 0 Å². The molecular formula is C23H30N2O3. The van der Waals surface area contributed by atoms with Crippen LogP contribution in [0, 0.1) is 6.92 Å². The largest absolute Gasteiger partial charge is 0.379 e. The van der Waals surface area contributed by atoms with E-state index < -0.39 is 6.10 Å². The third-order valence-corrected chi connectivity index (χ3v) is 5.05. The molecule has 5 heteroatoms. The van der Waals surface area contributed by atoms with Crippen molar-refractivity contribution in [2.45, 2.75) is 32.6 Å². The number of ether oxygens (including phenoxy) is 2. The molecule has 1 aliphatic rings. The van der Waals surface area contributed by atoms with E-state index in [1.165, 1.54) is 5.56 Å². The van der Waals surface area contributed by atoms with Gasteiger partial charge in [-0.25, -0.2) is 0 Å². The summed E-state index contributed by atoms with van der Waals surface area (Å²) in [6.45, 7) is 8.32. The molecule has 0 bridgehead atoms. The van der Waals surface area contributed by atoms with Gasteiger partial charge in [0.25, 0.3) is 0 Å². The molecule has 0 unspecified atom stereocenters. The van der Waals surface area contributed by atoms with Gasteiger partial charge in [-0.05, 0) is 25.0 Å². The molecule has 2 aromatic carbocycles. The quantitative estimate of drug-likeness (QED) is 0.762. The van der Waals surface area contributed by atoms with Gasteiger partial charge in [-0.1, -0.05) is 60.2 Å². The van der Waals surface area contributed by atoms with Crippen LogP contribution in [0.15, 0.2) is 54.6 Å². The average Bonchev–Trinajstić information content (AvgIpc) is 2.73. The zero-order valence-electron chi connectivity index (χ0n) is 16.8. The van der Waals surface area contributed by atoms with E-state index in [-0.39, 0.29) is 11.9 Å². The summed E-state index contributed by atoms with van der Waals surface area (Å²) in [7, 11) is 0. The minimum Gasteiger partial charge on any atom is -0.379 e. The summed E-state index contributed by atoms with van der Waals surface area (Å²) >= 11 is 0. The summed E-state index contributed by atoms with van der Waals surface area (Å²) in [5.74, 6) is -0.0882. The highest BCUT2D eigenvalue weighted by atomic mass is 16.5. The van der Waals surface area contributed by atoms with Crippen LogP contribution in [-0.2, 0) is 20.9 Å². The Morgan fingerprint density at radius 3 is 2.46 bits per heavy atom. The van der Waals surface area contributed by atoms with Gasteiger partial charge in [-0.3, -0.25) is 9.69 Å². The molecule has 0 radical (unpaired) electrons. The molecule has 0 saturated carbocycles. The average molecular weight is 383 g/mol. The predicted molar refractivity (Wildman–Crippen MR) is 110 cm³/mol. The maximum absolute atomic E-state index is 12.8. The van der Waals surface area contributed by atoms with E-state index in [1.54, 1.807) is 6.92 Å². The Morgan fingerprint density at radius 2 is 1.79 bits per heavy atom. The maximum atomic E-state index is 12.8. The lowest BCUT2D eigenvalue weighted by Gasteiger charge is -2.31. The Bertz CT molecular complexity index is 727. The Labute approximate surface area is 167 Å². The Balaban J connectivity index is 1.61. The van der Waals surface area contributed by atoms with E-state index in [4.69, 9.17) is 9.47 Å². The van der Waals surface area contributed by atoms with Crippen LogP contribution < -0.4 is 5.32 Å². The molecule has 0 spiro atoms. The molecule has 150 valence electrons. The van der Waals surface area contributed by atoms with Crippen molar-refractivity contribution in [2.24, 2.45) is 0 Å². The van der Waals surface area contributed by atoms with Gasteiger partial charge in [-0.2, -0.15) is 0 Å². The lowest BCUT2D eigenvalue weighted by Crippen LogP contribution is -2.45. The maximum Gasteiger partial charge on any atom is 0.249 e. The standard InChI is InChI=1S/C23H30N2O3/c1-18-8-10-21(11-9-18)22(16-25-12-14-27-15-13-25)24-23(26)19(2)28-17-20-6-4-3-5-7-20/h3-11,19,22H,12-17H2,1-2H3,(H,24,26)/t19-,22+/m0/s1. The highest BCUT2D eigenvalue weighted by Crippen LogP contribution is 2.17. The molecule has 2 atom stereocenters. The number of nitrogens with one attached hydrogen (secondary N) is 1. The molecule has 5 nitrogen and oxygen atoms in total. The van der Waals surface area contributed by atoms with Gasteiger partial charge < -0.3 is 14.8 Å². The number of nitrogens with zero attached hydrogens (tertiary/aromatic N) is 1. The van der Waals surface area contributed by atoms with Crippen molar-refractivity contribution in [2.75, 3.05) is 32.8 Å². The third-order valence-electron chi connectivity index (χ3n) is 5.05. The van der Waals surface area contributed by atoms with Gasteiger partial charge >= 0.3 is 0 Å². The minimum absolute atomic E-state index is 0.0750. The summed E-state index contributed by atoms with van der Waals surface area (Å²) in [6.07, 6.45) is -0.516. The lowest BCUT2D eigenvalue weighted by molar-refractivity contribution is -0.133. The molecule has 3 rings (SSSR count). The van der Waals surface area contributed by atoms with E-state index in [9.17, 15) is 4.79 Å². The van der Waals surface area contributed by atoms with Crippen LogP contribution in [0.3, 0.4) is 0 Å². The summed E-state index contributed by atoms with van der Waals surface area (Å²) in [5.41, 5.74) is 3.38. The van der Waals surface area contributed by atoms with Crippen molar-refractivity contribution in [3.63, 3.8) is 0 Å². The molecule has 1 saturated heterocycles. The van der Waals surface area contributed by atoms with Gasteiger partial charge in [0.05, 0.1) is 25.9 Å². The second kappa shape index (κ2) is 10.4. The number of benzene rings is 2. The number of rotatable bonds is 8. The summed E-state index contributed by atoms with van der Waals surface area (Å²) in [4.78, 5) is 15.1. The van der Waals surface area contributed by atoms with E-state index in [0.29, 0.717) is 6.61 Å². The van der Waals surface area contributed by atoms with Crippen molar-refractivity contribution >= 4 is 5.91 Å². The SMILES string of the molecule is Cc1ccc([C@@H](CN2CCOCC2)NC(=O)[C@H](C)OCc2ccccc2)cc1. The summed E-state index contributed by atoms with van der Waals surface area (Å²) in [6, 6.07) is 18.2. The van der Waals surface area contributed by atoms with Crippen LogP contribution in [0.4, 0.5) is 0 Å². The molecular weight excluding hydrogens is 352 g/mol. The number of morpholine rings is 1. The fourth-order valence-electron chi connectivity index (χ4n) is 3.24. The molecule has 0 aliphatic carbocycles. The predicted octanol–water partition coefficient (Wildman–Crippen LogP) is 3.09. The Hall–Kier alpha value is -2.21. The molecule has 1 N–H and O–H groups in total. The van der Waals surface area contributed by atoms with Gasteiger partial charge in [0.2, 0.25) is 5.91 Å². The van der Waals surface area contributed by atoms with E-state index in [0.717, 1.165) is 44.0 Å². The van der Waals surface area contributed by atoms with Crippen molar-refractivity contribution in [1.82, 2.24) is 10.2 Å². The molecule has 1 aliphatic heterocycles. The molecule has 1 fully saturated rings. The fraction of sp³-hybridized carbons (Fsp3) is 0.435. The van der Waals surface area contributed by atoms with E-state index in [1.807, 2.05) is 30.3 Å². The van der Waals surface area contributed by atoms with E-state index >= 15 is 0 Å². The number of carbonyl (C=O) groups excluding carboxylic acids is 1. The van der Waals surface area contributed by atoms with Crippen LogP contribution in [0.5, 0.6) is 0 Å². The van der Waals surface area contributed by atoms with Crippen molar-refractivity contribution in [3.8, 4) is 0 Å². The highest BCUT2D eigenvalue weighted by Gasteiger charge is 2.23. The Morgan fingerprint density at radius 1 is 1.11 bits per heavy atom. The number of aryl methyl sites for hydroxylation is 1. The van der Waals surface area contributed by atoms with Crippen molar-refractivity contribution in [3.05, 3.63) is 71.3 Å². The third kappa shape index (κ3) is 6.16. The molecule has 2 aromatic rings. The van der Waals surface area contributed by atoms with Crippen LogP contribution >= 0.6 is 0 Å². The second-order valence-electron chi connectivity index (χ2n) is 7.32. The normalized spacial score (nSPS) is 17.1. The molecule has 0 aromatic heterocycles. The second-order valence-corrected chi connectivity index (χ2v) is 7.32. The number of hydrogen-bond acceptors (Lipinski definition) is 4. The first-order valence-corrected chi connectivity index (χ1v) is 9.94. The first-order chi connectivity index (χ1) is 13.6.